The van der Waals surface area contributed by atoms with E-state index in [1.165, 1.54) is 44.9 Å². The van der Waals surface area contributed by atoms with Crippen LogP contribution in [0.4, 0.5) is 0 Å². The summed E-state index contributed by atoms with van der Waals surface area (Å²) in [5.41, 5.74) is 0. The summed E-state index contributed by atoms with van der Waals surface area (Å²) >= 11 is 0. The molecule has 0 aromatic rings. The number of carbonyl (C=O) groups is 1. The summed E-state index contributed by atoms with van der Waals surface area (Å²) in [6.07, 6.45) is 11.8. The molecule has 1 fully saturated rings. The average Bonchev–Trinajstić information content (AvgIpc) is 2.86. The van der Waals surface area contributed by atoms with Crippen molar-refractivity contribution >= 4 is 5.97 Å². The summed E-state index contributed by atoms with van der Waals surface area (Å²) in [7, 11) is 0. The van der Waals surface area contributed by atoms with E-state index >= 15 is 0 Å². The number of ether oxygens (including phenoxy) is 3. The largest absolute Gasteiger partial charge is 0.463 e. The zero-order valence-corrected chi connectivity index (χ0v) is 16.3. The van der Waals surface area contributed by atoms with Crippen molar-refractivity contribution in [3.63, 3.8) is 0 Å². The highest BCUT2D eigenvalue weighted by atomic mass is 16.7. The van der Waals surface area contributed by atoms with Gasteiger partial charge in [-0.15, -0.1) is 0 Å². The molecule has 4 nitrogen and oxygen atoms in total. The Kier molecular flexibility index (Phi) is 10.6. The third kappa shape index (κ3) is 11.0. The molecule has 1 rings (SSSR count). The quantitative estimate of drug-likeness (QED) is 0.339. The molecule has 0 aromatic carbocycles. The maximum atomic E-state index is 11.7. The van der Waals surface area contributed by atoms with Crippen LogP contribution in [0, 0.1) is 5.92 Å². The second-order valence-corrected chi connectivity index (χ2v) is 7.89. The van der Waals surface area contributed by atoms with E-state index in [2.05, 4.69) is 13.8 Å². The van der Waals surface area contributed by atoms with E-state index in [1.54, 1.807) is 0 Å². The molecular formula is C20H38O4. The van der Waals surface area contributed by atoms with Crippen LogP contribution in [-0.4, -0.2) is 31.1 Å². The van der Waals surface area contributed by atoms with Crippen LogP contribution >= 0.6 is 0 Å². The van der Waals surface area contributed by atoms with Crippen molar-refractivity contribution in [2.45, 2.75) is 104 Å². The first kappa shape index (κ1) is 21.4. The average molecular weight is 343 g/mol. The maximum absolute atomic E-state index is 11.7. The molecule has 0 spiro atoms. The standard InChI is InChI=1S/C20H38O4/c1-17(2)13-11-9-7-5-6-8-10-12-14-19(21)22-15-18-16-23-20(3,4)24-18/h17-18H,5-16H2,1-4H3. The number of unbranched alkanes of at least 4 members (excludes halogenated alkanes) is 7. The Labute approximate surface area is 148 Å². The minimum absolute atomic E-state index is 0.114. The van der Waals surface area contributed by atoms with Gasteiger partial charge >= 0.3 is 5.97 Å². The maximum Gasteiger partial charge on any atom is 0.305 e. The first-order valence-corrected chi connectivity index (χ1v) is 9.86. The zero-order chi connectivity index (χ0) is 17.8. The number of esters is 1. The summed E-state index contributed by atoms with van der Waals surface area (Å²) < 4.78 is 16.3. The summed E-state index contributed by atoms with van der Waals surface area (Å²) in [6, 6.07) is 0. The lowest BCUT2D eigenvalue weighted by Crippen LogP contribution is -2.25. The van der Waals surface area contributed by atoms with E-state index in [0.29, 0.717) is 19.6 Å². The lowest BCUT2D eigenvalue weighted by Gasteiger charge is -2.16. The molecule has 24 heavy (non-hydrogen) atoms. The van der Waals surface area contributed by atoms with Crippen molar-refractivity contribution < 1.29 is 19.0 Å². The second kappa shape index (κ2) is 11.9. The molecule has 0 bridgehead atoms. The van der Waals surface area contributed by atoms with E-state index in [9.17, 15) is 4.79 Å². The van der Waals surface area contributed by atoms with Gasteiger partial charge in [-0.3, -0.25) is 4.79 Å². The van der Waals surface area contributed by atoms with E-state index in [0.717, 1.165) is 18.8 Å². The Morgan fingerprint density at radius 3 is 2.17 bits per heavy atom. The van der Waals surface area contributed by atoms with Gasteiger partial charge in [-0.25, -0.2) is 0 Å². The van der Waals surface area contributed by atoms with Crippen molar-refractivity contribution in [2.75, 3.05) is 13.2 Å². The van der Waals surface area contributed by atoms with Gasteiger partial charge in [0.05, 0.1) is 6.61 Å². The van der Waals surface area contributed by atoms with E-state index in [4.69, 9.17) is 14.2 Å². The topological polar surface area (TPSA) is 44.8 Å². The number of hydrogen-bond acceptors (Lipinski definition) is 4. The van der Waals surface area contributed by atoms with Crippen LogP contribution in [0.5, 0.6) is 0 Å². The fourth-order valence-electron chi connectivity index (χ4n) is 2.99. The summed E-state index contributed by atoms with van der Waals surface area (Å²) in [5, 5.41) is 0. The van der Waals surface area contributed by atoms with Gasteiger partial charge in [-0.2, -0.15) is 0 Å². The Morgan fingerprint density at radius 2 is 1.62 bits per heavy atom. The normalized spacial score (nSPS) is 19.8. The summed E-state index contributed by atoms with van der Waals surface area (Å²) in [4.78, 5) is 11.7. The molecule has 0 radical (unpaired) electrons. The van der Waals surface area contributed by atoms with Crippen LogP contribution in [0.3, 0.4) is 0 Å². The van der Waals surface area contributed by atoms with Gasteiger partial charge in [0, 0.05) is 6.42 Å². The Morgan fingerprint density at radius 1 is 1.04 bits per heavy atom. The molecular weight excluding hydrogens is 304 g/mol. The number of carbonyl (C=O) groups excluding carboxylic acids is 1. The fourth-order valence-corrected chi connectivity index (χ4v) is 2.99. The highest BCUT2D eigenvalue weighted by Gasteiger charge is 2.33. The molecule has 0 amide bonds. The van der Waals surface area contributed by atoms with Crippen molar-refractivity contribution in [1.82, 2.24) is 0 Å². The van der Waals surface area contributed by atoms with Crippen LogP contribution in [0.1, 0.15) is 91.9 Å². The molecule has 0 aromatic heterocycles. The predicted molar refractivity (Wildman–Crippen MR) is 96.9 cm³/mol. The summed E-state index contributed by atoms with van der Waals surface area (Å²) in [5.74, 6) is 0.173. The van der Waals surface area contributed by atoms with Gasteiger partial charge in [0.25, 0.3) is 0 Å². The van der Waals surface area contributed by atoms with Gasteiger partial charge in [-0.1, -0.05) is 65.2 Å². The number of hydrogen-bond donors (Lipinski definition) is 0. The highest BCUT2D eigenvalue weighted by molar-refractivity contribution is 5.69. The van der Waals surface area contributed by atoms with Crippen LogP contribution < -0.4 is 0 Å². The lowest BCUT2D eigenvalue weighted by atomic mass is 10.0. The molecule has 1 heterocycles. The molecule has 0 saturated carbocycles. The first-order chi connectivity index (χ1) is 11.4. The second-order valence-electron chi connectivity index (χ2n) is 7.89. The Balaban J connectivity index is 1.84. The molecule has 1 saturated heterocycles. The van der Waals surface area contributed by atoms with E-state index < -0.39 is 5.79 Å². The van der Waals surface area contributed by atoms with E-state index in [1.807, 2.05) is 13.8 Å². The minimum Gasteiger partial charge on any atom is -0.463 e. The van der Waals surface area contributed by atoms with Crippen molar-refractivity contribution in [3.05, 3.63) is 0 Å². The van der Waals surface area contributed by atoms with Crippen molar-refractivity contribution in [3.8, 4) is 0 Å². The molecule has 4 heteroatoms. The summed E-state index contributed by atoms with van der Waals surface area (Å²) in [6.45, 7) is 9.13. The van der Waals surface area contributed by atoms with Crippen LogP contribution in [0.2, 0.25) is 0 Å². The third-order valence-corrected chi connectivity index (χ3v) is 4.41. The third-order valence-electron chi connectivity index (χ3n) is 4.41. The lowest BCUT2D eigenvalue weighted by molar-refractivity contribution is -0.158. The van der Waals surface area contributed by atoms with Crippen LogP contribution in [-0.2, 0) is 19.0 Å². The number of rotatable bonds is 13. The Bertz CT molecular complexity index is 339. The molecule has 1 aliphatic heterocycles. The molecule has 1 aliphatic rings. The van der Waals surface area contributed by atoms with Gasteiger partial charge < -0.3 is 14.2 Å². The van der Waals surface area contributed by atoms with Crippen molar-refractivity contribution in [1.29, 1.82) is 0 Å². The fraction of sp³-hybridized carbons (Fsp3) is 0.950. The highest BCUT2D eigenvalue weighted by Crippen LogP contribution is 2.22. The molecule has 1 unspecified atom stereocenters. The minimum atomic E-state index is -0.550. The van der Waals surface area contributed by atoms with Crippen molar-refractivity contribution in [2.24, 2.45) is 5.92 Å². The Hall–Kier alpha value is -0.610. The smallest absolute Gasteiger partial charge is 0.305 e. The molecule has 142 valence electrons. The predicted octanol–water partition coefficient (Wildman–Crippen LogP) is 5.24. The first-order valence-electron chi connectivity index (χ1n) is 9.86. The van der Waals surface area contributed by atoms with Gasteiger partial charge in [0.15, 0.2) is 5.79 Å². The van der Waals surface area contributed by atoms with Gasteiger partial charge in [0.2, 0.25) is 0 Å². The SMILES string of the molecule is CC(C)CCCCCCCCCCC(=O)OCC1COC(C)(C)O1. The van der Waals surface area contributed by atoms with Gasteiger partial charge in [0.1, 0.15) is 12.7 Å². The van der Waals surface area contributed by atoms with Gasteiger partial charge in [-0.05, 0) is 26.2 Å². The monoisotopic (exact) mass is 342 g/mol. The molecule has 0 N–H and O–H groups in total. The van der Waals surface area contributed by atoms with Crippen LogP contribution in [0.25, 0.3) is 0 Å². The molecule has 0 aliphatic carbocycles. The van der Waals surface area contributed by atoms with E-state index in [-0.39, 0.29) is 12.1 Å². The molecule has 1 atom stereocenters. The van der Waals surface area contributed by atoms with Crippen LogP contribution in [0.15, 0.2) is 0 Å². The zero-order valence-electron chi connectivity index (χ0n) is 16.3.